The van der Waals surface area contributed by atoms with Gasteiger partial charge in [0.15, 0.2) is 0 Å². The first kappa shape index (κ1) is 9.97. The molecule has 2 aliphatic rings. The van der Waals surface area contributed by atoms with Crippen LogP contribution in [0.25, 0.3) is 0 Å². The van der Waals surface area contributed by atoms with Crippen molar-refractivity contribution in [3.63, 3.8) is 0 Å². The smallest absolute Gasteiger partial charge is 0.222 e. The molecule has 0 bridgehead atoms. The lowest BCUT2D eigenvalue weighted by molar-refractivity contribution is -0.697. The Kier molecular flexibility index (Phi) is 3.40. The highest BCUT2D eigenvalue weighted by Gasteiger charge is 2.22. The van der Waals surface area contributed by atoms with Gasteiger partial charge in [0.2, 0.25) is 5.91 Å². The number of likely N-dealkylation sites (tertiary alicyclic amines) is 1. The third kappa shape index (κ3) is 2.47. The van der Waals surface area contributed by atoms with Crippen molar-refractivity contribution in [3.8, 4) is 0 Å². The molecule has 0 saturated carbocycles. The Balaban J connectivity index is 1.68. The average molecular weight is 197 g/mol. The van der Waals surface area contributed by atoms with Crippen LogP contribution in [0, 0.1) is 0 Å². The topological polar surface area (TPSA) is 36.9 Å². The van der Waals surface area contributed by atoms with E-state index in [2.05, 4.69) is 5.32 Å². The number of carbonyl (C=O) groups is 1. The molecule has 2 saturated heterocycles. The van der Waals surface area contributed by atoms with Gasteiger partial charge in [-0.2, -0.15) is 0 Å². The Bertz CT molecular complexity index is 199. The Hall–Kier alpha value is -0.570. The molecule has 3 heteroatoms. The Labute approximate surface area is 85.8 Å². The molecule has 3 nitrogen and oxygen atoms in total. The van der Waals surface area contributed by atoms with Crippen molar-refractivity contribution in [2.45, 2.75) is 44.6 Å². The predicted octanol–water partition coefficient (Wildman–Crippen LogP) is 0.115. The van der Waals surface area contributed by atoms with Gasteiger partial charge < -0.3 is 10.2 Å². The molecule has 80 valence electrons. The van der Waals surface area contributed by atoms with Crippen molar-refractivity contribution < 1.29 is 10.1 Å². The molecule has 2 heterocycles. The van der Waals surface area contributed by atoms with Gasteiger partial charge in [-0.15, -0.1) is 0 Å². The van der Waals surface area contributed by atoms with Crippen molar-refractivity contribution in [2.75, 3.05) is 19.6 Å². The number of hydrogen-bond donors (Lipinski definition) is 1. The van der Waals surface area contributed by atoms with Crippen molar-refractivity contribution >= 4 is 5.91 Å². The van der Waals surface area contributed by atoms with E-state index in [0.29, 0.717) is 5.91 Å². The normalized spacial score (nSPS) is 28.4. The van der Waals surface area contributed by atoms with Crippen LogP contribution in [0.1, 0.15) is 38.5 Å². The molecule has 0 aromatic carbocycles. The van der Waals surface area contributed by atoms with Gasteiger partial charge >= 0.3 is 0 Å². The average Bonchev–Trinajstić information content (AvgIpc) is 2.63. The summed E-state index contributed by atoms with van der Waals surface area (Å²) in [6.45, 7) is 3.30. The number of nitrogens with two attached hydrogens (primary N) is 1. The molecule has 1 atom stereocenters. The van der Waals surface area contributed by atoms with Gasteiger partial charge in [0.05, 0.1) is 12.6 Å². The second-order valence-electron chi connectivity index (χ2n) is 4.55. The summed E-state index contributed by atoms with van der Waals surface area (Å²) in [6, 6.07) is 0.789. The summed E-state index contributed by atoms with van der Waals surface area (Å²) >= 11 is 0. The first-order valence-corrected chi connectivity index (χ1v) is 5.97. The van der Waals surface area contributed by atoms with Crippen molar-refractivity contribution in [1.29, 1.82) is 0 Å². The molecule has 2 fully saturated rings. The fourth-order valence-electron chi connectivity index (χ4n) is 2.55. The first-order valence-electron chi connectivity index (χ1n) is 5.97. The van der Waals surface area contributed by atoms with Crippen LogP contribution in [0.5, 0.6) is 0 Å². The van der Waals surface area contributed by atoms with Crippen LogP contribution in [-0.2, 0) is 4.79 Å². The summed E-state index contributed by atoms with van der Waals surface area (Å²) in [5.41, 5.74) is 0. The van der Waals surface area contributed by atoms with Crippen LogP contribution in [0.3, 0.4) is 0 Å². The summed E-state index contributed by atoms with van der Waals surface area (Å²) in [5, 5.41) is 2.46. The zero-order valence-corrected chi connectivity index (χ0v) is 8.87. The number of quaternary nitrogens is 1. The minimum atomic E-state index is 0.376. The second-order valence-corrected chi connectivity index (χ2v) is 4.55. The molecular weight excluding hydrogens is 176 g/mol. The Morgan fingerprint density at radius 2 is 2.29 bits per heavy atom. The maximum absolute atomic E-state index is 11.4. The number of carbonyl (C=O) groups excluding carboxylic acids is 1. The monoisotopic (exact) mass is 197 g/mol. The zero-order valence-electron chi connectivity index (χ0n) is 8.87. The van der Waals surface area contributed by atoms with Gasteiger partial charge in [-0.3, -0.25) is 4.79 Å². The van der Waals surface area contributed by atoms with E-state index >= 15 is 0 Å². The lowest BCUT2D eigenvalue weighted by atomic mass is 10.0. The largest absolute Gasteiger partial charge is 0.344 e. The lowest BCUT2D eigenvalue weighted by Crippen LogP contribution is -2.91. The lowest BCUT2D eigenvalue weighted by Gasteiger charge is -2.23. The highest BCUT2D eigenvalue weighted by atomic mass is 16.2. The Morgan fingerprint density at radius 3 is 2.93 bits per heavy atom. The second kappa shape index (κ2) is 4.78. The van der Waals surface area contributed by atoms with E-state index in [1.165, 1.54) is 32.2 Å². The van der Waals surface area contributed by atoms with E-state index in [1.807, 2.05) is 4.90 Å². The maximum atomic E-state index is 11.4. The maximum Gasteiger partial charge on any atom is 0.222 e. The van der Waals surface area contributed by atoms with Crippen molar-refractivity contribution in [2.24, 2.45) is 0 Å². The number of hydrogen-bond acceptors (Lipinski definition) is 1. The molecule has 2 rings (SSSR count). The summed E-state index contributed by atoms with van der Waals surface area (Å²) in [6.07, 6.45) is 7.17. The summed E-state index contributed by atoms with van der Waals surface area (Å²) in [7, 11) is 0. The number of rotatable bonds is 3. The van der Waals surface area contributed by atoms with E-state index < -0.39 is 0 Å². The van der Waals surface area contributed by atoms with Crippen LogP contribution in [-0.4, -0.2) is 36.5 Å². The molecule has 0 aliphatic carbocycles. The van der Waals surface area contributed by atoms with Crippen LogP contribution in [0.4, 0.5) is 0 Å². The van der Waals surface area contributed by atoms with Crippen LogP contribution >= 0.6 is 0 Å². The summed E-state index contributed by atoms with van der Waals surface area (Å²) in [5.74, 6) is 0.376. The molecular formula is C11H21N2O+. The van der Waals surface area contributed by atoms with E-state index in [0.717, 1.165) is 32.0 Å². The number of piperidine rings is 1. The van der Waals surface area contributed by atoms with Gasteiger partial charge in [0.1, 0.15) is 0 Å². The van der Waals surface area contributed by atoms with Gasteiger partial charge in [0.25, 0.3) is 0 Å². The predicted molar refractivity (Wildman–Crippen MR) is 54.9 cm³/mol. The van der Waals surface area contributed by atoms with Crippen LogP contribution in [0.2, 0.25) is 0 Å². The van der Waals surface area contributed by atoms with Crippen molar-refractivity contribution in [1.82, 2.24) is 4.90 Å². The van der Waals surface area contributed by atoms with E-state index in [-0.39, 0.29) is 0 Å². The number of amides is 1. The Morgan fingerprint density at radius 1 is 1.36 bits per heavy atom. The molecule has 0 aromatic heterocycles. The molecule has 2 N–H and O–H groups in total. The van der Waals surface area contributed by atoms with Crippen LogP contribution < -0.4 is 5.32 Å². The SMILES string of the molecule is O=C1CCCN1CC[C@@H]1CCCC[NH2+]1. The molecule has 0 radical (unpaired) electrons. The fourth-order valence-corrected chi connectivity index (χ4v) is 2.55. The first-order chi connectivity index (χ1) is 6.86. The highest BCUT2D eigenvalue weighted by Crippen LogP contribution is 2.12. The minimum absolute atomic E-state index is 0.376. The standard InChI is InChI=1S/C11H20N2O/c14-11-5-3-8-13(11)9-6-10-4-1-2-7-12-10/h10,12H,1-9H2/p+1/t10-/m0/s1. The van der Waals surface area contributed by atoms with Crippen LogP contribution in [0.15, 0.2) is 0 Å². The molecule has 14 heavy (non-hydrogen) atoms. The number of nitrogens with zero attached hydrogens (tertiary/aromatic N) is 1. The van der Waals surface area contributed by atoms with Gasteiger partial charge in [-0.05, 0) is 25.7 Å². The van der Waals surface area contributed by atoms with Gasteiger partial charge in [-0.1, -0.05) is 0 Å². The molecule has 0 spiro atoms. The zero-order chi connectivity index (χ0) is 9.80. The van der Waals surface area contributed by atoms with E-state index in [4.69, 9.17) is 0 Å². The van der Waals surface area contributed by atoms with E-state index in [9.17, 15) is 4.79 Å². The van der Waals surface area contributed by atoms with Gasteiger partial charge in [-0.25, -0.2) is 0 Å². The highest BCUT2D eigenvalue weighted by molar-refractivity contribution is 5.77. The fraction of sp³-hybridized carbons (Fsp3) is 0.909. The van der Waals surface area contributed by atoms with Gasteiger partial charge in [0, 0.05) is 25.9 Å². The summed E-state index contributed by atoms with van der Waals surface area (Å²) < 4.78 is 0. The third-order valence-corrected chi connectivity index (χ3v) is 3.47. The molecule has 0 unspecified atom stereocenters. The molecule has 2 aliphatic heterocycles. The third-order valence-electron chi connectivity index (χ3n) is 3.47. The minimum Gasteiger partial charge on any atom is -0.344 e. The quantitative estimate of drug-likeness (QED) is 0.685. The molecule has 0 aromatic rings. The van der Waals surface area contributed by atoms with Crippen molar-refractivity contribution in [3.05, 3.63) is 0 Å². The summed E-state index contributed by atoms with van der Waals surface area (Å²) in [4.78, 5) is 13.4. The molecule has 1 amide bonds. The van der Waals surface area contributed by atoms with E-state index in [1.54, 1.807) is 0 Å².